The van der Waals surface area contributed by atoms with E-state index in [-0.39, 0.29) is 0 Å². The molecule has 0 unspecified atom stereocenters. The van der Waals surface area contributed by atoms with Gasteiger partial charge in [0.2, 0.25) is 0 Å². The molecular formula is CH4O6P+. The van der Waals surface area contributed by atoms with Gasteiger partial charge in [-0.3, -0.25) is 0 Å². The molecule has 0 aliphatic carbocycles. The van der Waals surface area contributed by atoms with Crippen LogP contribution in [-0.2, 0) is 4.52 Å². The van der Waals surface area contributed by atoms with Crippen molar-refractivity contribution in [3.63, 3.8) is 0 Å². The van der Waals surface area contributed by atoms with E-state index in [9.17, 15) is 4.79 Å². The molecule has 0 aromatic rings. The molecule has 0 spiro atoms. The third-order valence-electron chi connectivity index (χ3n) is 0.201. The van der Waals surface area contributed by atoms with E-state index in [0.717, 1.165) is 0 Å². The highest BCUT2D eigenvalue weighted by atomic mass is 31.2. The Labute approximate surface area is 44.6 Å². The first kappa shape index (κ1) is 7.58. The lowest BCUT2D eigenvalue weighted by atomic mass is 11.5. The lowest BCUT2D eigenvalue weighted by molar-refractivity contribution is 0.114. The molecule has 0 aliphatic heterocycles. The van der Waals surface area contributed by atoms with Crippen LogP contribution in [0.2, 0.25) is 0 Å². The van der Waals surface area contributed by atoms with E-state index in [1.54, 1.807) is 0 Å². The second kappa shape index (κ2) is 2.23. The molecule has 0 aromatic carbocycles. The highest BCUT2D eigenvalue weighted by molar-refractivity contribution is 7.53. The van der Waals surface area contributed by atoms with Gasteiger partial charge in [0.15, 0.2) is 0 Å². The maximum absolute atomic E-state index is 9.34. The highest BCUT2D eigenvalue weighted by Gasteiger charge is 2.37. The average molecular weight is 143 g/mol. The number of carbonyl (C=O) groups is 1. The fourth-order valence-electron chi connectivity index (χ4n) is 0.105. The Kier molecular flexibility index (Phi) is 2.12. The summed E-state index contributed by atoms with van der Waals surface area (Å²) in [6.45, 7) is 0. The second-order valence-corrected chi connectivity index (χ2v) is 2.08. The Morgan fingerprint density at radius 2 is 1.75 bits per heavy atom. The van der Waals surface area contributed by atoms with Gasteiger partial charge >= 0.3 is 14.3 Å². The predicted octanol–water partition coefficient (Wildman–Crippen LogP) is -0.665. The molecule has 0 amide bonds. The van der Waals surface area contributed by atoms with Crippen molar-refractivity contribution >= 4 is 14.3 Å². The lowest BCUT2D eigenvalue weighted by Crippen LogP contribution is -2.01. The van der Waals surface area contributed by atoms with Crippen molar-refractivity contribution < 1.29 is 29.1 Å². The number of hydrogen-bond acceptors (Lipinski definition) is 5. The van der Waals surface area contributed by atoms with Crippen LogP contribution in [0.1, 0.15) is 0 Å². The van der Waals surface area contributed by atoms with Gasteiger partial charge in [0.1, 0.15) is 0 Å². The van der Waals surface area contributed by atoms with Gasteiger partial charge < -0.3 is 5.11 Å². The van der Waals surface area contributed by atoms with Crippen molar-refractivity contribution in [3.05, 3.63) is 0 Å². The van der Waals surface area contributed by atoms with Crippen molar-refractivity contribution in [2.45, 2.75) is 0 Å². The monoisotopic (exact) mass is 143 g/mol. The van der Waals surface area contributed by atoms with Crippen molar-refractivity contribution in [3.8, 4) is 0 Å². The average Bonchev–Trinajstić information content (AvgIpc) is 1.21. The number of hydrogen-bond donors (Lipinski definition) is 4. The maximum Gasteiger partial charge on any atom is 0.620 e. The molecule has 0 fully saturated rings. The Balaban J connectivity index is 3.55. The van der Waals surface area contributed by atoms with Gasteiger partial charge in [-0.05, 0) is 0 Å². The van der Waals surface area contributed by atoms with Crippen LogP contribution in [0.25, 0.3) is 0 Å². The molecular weight excluding hydrogens is 139 g/mol. The minimum Gasteiger partial charge on any atom is -0.447 e. The molecule has 0 saturated heterocycles. The summed E-state index contributed by atoms with van der Waals surface area (Å²) in [7, 11) is -4.57. The third kappa shape index (κ3) is 5.58. The summed E-state index contributed by atoms with van der Waals surface area (Å²) in [5, 5.41) is 7.57. The largest absolute Gasteiger partial charge is 0.620 e. The molecule has 8 heavy (non-hydrogen) atoms. The van der Waals surface area contributed by atoms with E-state index in [2.05, 4.69) is 4.52 Å². The van der Waals surface area contributed by atoms with E-state index in [1.165, 1.54) is 0 Å². The lowest BCUT2D eigenvalue weighted by Gasteiger charge is -1.95. The minimum atomic E-state index is -4.57. The van der Waals surface area contributed by atoms with Crippen molar-refractivity contribution in [2.24, 2.45) is 0 Å². The molecule has 0 atom stereocenters. The molecule has 6 nitrogen and oxygen atoms in total. The molecule has 0 rings (SSSR count). The van der Waals surface area contributed by atoms with Crippen molar-refractivity contribution in [1.29, 1.82) is 0 Å². The zero-order chi connectivity index (χ0) is 6.78. The molecule has 0 radical (unpaired) electrons. The van der Waals surface area contributed by atoms with E-state index in [1.807, 2.05) is 0 Å². The molecule has 0 aliphatic rings. The summed E-state index contributed by atoms with van der Waals surface area (Å²) < 4.78 is 3.13. The summed E-state index contributed by atoms with van der Waals surface area (Å²) in [5.74, 6) is 0. The van der Waals surface area contributed by atoms with E-state index in [4.69, 9.17) is 19.8 Å². The van der Waals surface area contributed by atoms with Crippen LogP contribution in [0, 0.1) is 0 Å². The Hall–Kier alpha value is -0.420. The zero-order valence-electron chi connectivity index (χ0n) is 3.55. The first-order valence-electron chi connectivity index (χ1n) is 1.41. The predicted molar refractivity (Wildman–Crippen MR) is 22.7 cm³/mol. The zero-order valence-corrected chi connectivity index (χ0v) is 4.45. The van der Waals surface area contributed by atoms with Crippen LogP contribution in [0.15, 0.2) is 0 Å². The number of carboxylic acid groups (broad SMARTS) is 1. The Bertz CT molecular complexity index is 91.2. The topological polar surface area (TPSA) is 107 Å². The molecule has 0 bridgehead atoms. The van der Waals surface area contributed by atoms with Gasteiger partial charge in [0.25, 0.3) is 0 Å². The summed E-state index contributed by atoms with van der Waals surface area (Å²) in [4.78, 5) is 32.8. The summed E-state index contributed by atoms with van der Waals surface area (Å²) in [5.41, 5.74) is 0. The van der Waals surface area contributed by atoms with Gasteiger partial charge in [-0.15, -0.1) is 0 Å². The summed E-state index contributed by atoms with van der Waals surface area (Å²) in [6.07, 6.45) is -1.93. The van der Waals surface area contributed by atoms with E-state index in [0.29, 0.717) is 0 Å². The molecule has 4 N–H and O–H groups in total. The third-order valence-corrected chi connectivity index (χ3v) is 0.602. The fourth-order valence-corrected chi connectivity index (χ4v) is 0.314. The van der Waals surface area contributed by atoms with E-state index < -0.39 is 14.3 Å². The van der Waals surface area contributed by atoms with Gasteiger partial charge in [-0.1, -0.05) is 0 Å². The first-order valence-corrected chi connectivity index (χ1v) is 2.98. The first-order chi connectivity index (χ1) is 3.42. The maximum atomic E-state index is 9.34. The van der Waals surface area contributed by atoms with Crippen molar-refractivity contribution in [2.75, 3.05) is 0 Å². The van der Waals surface area contributed by atoms with Crippen LogP contribution in [0.5, 0.6) is 0 Å². The normalized spacial score (nSPS) is 10.9. The Morgan fingerprint density at radius 3 is 1.75 bits per heavy atom. The van der Waals surface area contributed by atoms with Gasteiger partial charge in [0.05, 0.1) is 0 Å². The molecule has 0 heterocycles. The molecule has 0 aromatic heterocycles. The highest BCUT2D eigenvalue weighted by Crippen LogP contribution is 2.45. The summed E-state index contributed by atoms with van der Waals surface area (Å²) >= 11 is 0. The Morgan fingerprint density at radius 1 is 1.38 bits per heavy atom. The SMILES string of the molecule is O=C(O)O[P+](O)(O)O. The van der Waals surface area contributed by atoms with Crippen LogP contribution < -0.4 is 0 Å². The standard InChI is InChI=1S/CH3O6P/c2-1(3)7-8(4,5)6/h4-6H/p+1. The van der Waals surface area contributed by atoms with Crippen LogP contribution >= 0.6 is 8.17 Å². The molecule has 48 valence electrons. The number of rotatable bonds is 1. The smallest absolute Gasteiger partial charge is 0.447 e. The van der Waals surface area contributed by atoms with Gasteiger partial charge in [-0.2, -0.15) is 24.0 Å². The van der Waals surface area contributed by atoms with Crippen LogP contribution in [0.3, 0.4) is 0 Å². The molecule has 7 heteroatoms. The van der Waals surface area contributed by atoms with Crippen LogP contribution in [-0.4, -0.2) is 25.9 Å². The van der Waals surface area contributed by atoms with Gasteiger partial charge in [-0.25, -0.2) is 0 Å². The van der Waals surface area contributed by atoms with Crippen LogP contribution in [0.4, 0.5) is 4.79 Å². The summed E-state index contributed by atoms with van der Waals surface area (Å²) in [6, 6.07) is 0. The minimum absolute atomic E-state index is 1.93. The van der Waals surface area contributed by atoms with E-state index >= 15 is 0 Å². The second-order valence-electron chi connectivity index (χ2n) is 0.870. The quantitative estimate of drug-likeness (QED) is 0.363. The molecule has 0 saturated carbocycles. The van der Waals surface area contributed by atoms with Gasteiger partial charge in [0, 0.05) is 0 Å². The van der Waals surface area contributed by atoms with Crippen molar-refractivity contribution in [1.82, 2.24) is 0 Å². The fraction of sp³-hybridized carbons (Fsp3) is 0.